The first kappa shape index (κ1) is 14.8. The molecule has 0 aliphatic heterocycles. The highest BCUT2D eigenvalue weighted by Gasteiger charge is 2.18. The number of nitrogens with zero attached hydrogens (tertiary/aromatic N) is 2. The van der Waals surface area contributed by atoms with Crippen LogP contribution in [-0.4, -0.2) is 16.7 Å². The molecule has 0 saturated carbocycles. The average molecular weight is 313 g/mol. The van der Waals surface area contributed by atoms with Crippen LogP contribution in [0.4, 0.5) is 0 Å². The Labute approximate surface area is 134 Å². The van der Waals surface area contributed by atoms with Gasteiger partial charge in [0.25, 0.3) is 0 Å². The van der Waals surface area contributed by atoms with Crippen molar-refractivity contribution < 1.29 is 4.74 Å². The predicted octanol–water partition coefficient (Wildman–Crippen LogP) is 3.37. The quantitative estimate of drug-likeness (QED) is 0.758. The van der Waals surface area contributed by atoms with Crippen LogP contribution in [0.5, 0.6) is 5.75 Å². The lowest BCUT2D eigenvalue weighted by molar-refractivity contribution is 0.413. The first-order valence-electron chi connectivity index (χ1n) is 7.13. The number of hydrogen-bond donors (Lipinski definition) is 1. The molecule has 0 aliphatic carbocycles. The second-order valence-corrected chi connectivity index (χ2v) is 5.90. The van der Waals surface area contributed by atoms with E-state index in [4.69, 9.17) is 4.74 Å². The summed E-state index contributed by atoms with van der Waals surface area (Å²) in [7, 11) is 3.70. The highest BCUT2D eigenvalue weighted by atomic mass is 32.1. The molecule has 3 rings (SSSR count). The van der Waals surface area contributed by atoms with E-state index in [1.165, 1.54) is 5.56 Å². The molecule has 0 spiro atoms. The van der Waals surface area contributed by atoms with E-state index in [1.54, 1.807) is 18.4 Å². The van der Waals surface area contributed by atoms with Gasteiger partial charge in [-0.25, -0.2) is 4.98 Å². The summed E-state index contributed by atoms with van der Waals surface area (Å²) in [5, 5.41) is 7.86. The molecule has 4 nitrogen and oxygen atoms in total. The molecular weight excluding hydrogens is 294 g/mol. The van der Waals surface area contributed by atoms with Crippen LogP contribution < -0.4 is 10.1 Å². The van der Waals surface area contributed by atoms with Crippen molar-refractivity contribution in [3.8, 4) is 5.75 Å². The van der Waals surface area contributed by atoms with Gasteiger partial charge in [-0.1, -0.05) is 12.1 Å². The van der Waals surface area contributed by atoms with Crippen LogP contribution in [0, 0.1) is 0 Å². The first-order chi connectivity index (χ1) is 10.8. The van der Waals surface area contributed by atoms with Crippen molar-refractivity contribution in [2.75, 3.05) is 7.11 Å². The van der Waals surface area contributed by atoms with E-state index in [0.717, 1.165) is 23.7 Å². The summed E-state index contributed by atoms with van der Waals surface area (Å²) in [6.45, 7) is 0.804. The molecule has 5 heteroatoms. The third-order valence-corrected chi connectivity index (χ3v) is 4.37. The standard InChI is InChI=1S/C17H19N3OS/c1-20-8-7-18-17(20)16(19-11-13-6-9-22-12-13)14-4-3-5-15(10-14)21-2/h3-10,12,16,19H,11H2,1-2H3/t16-/m1/s1. The van der Waals surface area contributed by atoms with Gasteiger partial charge < -0.3 is 9.30 Å². The number of benzene rings is 1. The van der Waals surface area contributed by atoms with E-state index in [1.807, 2.05) is 36.1 Å². The van der Waals surface area contributed by atoms with Gasteiger partial charge in [-0.05, 0) is 40.1 Å². The summed E-state index contributed by atoms with van der Waals surface area (Å²) in [6, 6.07) is 10.3. The largest absolute Gasteiger partial charge is 0.497 e. The highest BCUT2D eigenvalue weighted by molar-refractivity contribution is 7.07. The van der Waals surface area contributed by atoms with Crippen molar-refractivity contribution in [2.24, 2.45) is 7.05 Å². The molecule has 0 unspecified atom stereocenters. The number of hydrogen-bond acceptors (Lipinski definition) is 4. The van der Waals surface area contributed by atoms with Crippen LogP contribution in [0.25, 0.3) is 0 Å². The second kappa shape index (κ2) is 6.77. The maximum absolute atomic E-state index is 5.35. The third kappa shape index (κ3) is 3.21. The van der Waals surface area contributed by atoms with Crippen LogP contribution in [0.3, 0.4) is 0 Å². The van der Waals surface area contributed by atoms with Crippen LogP contribution in [-0.2, 0) is 13.6 Å². The van der Waals surface area contributed by atoms with E-state index in [0.29, 0.717) is 0 Å². The Morgan fingerprint density at radius 3 is 2.95 bits per heavy atom. The van der Waals surface area contributed by atoms with Gasteiger partial charge in [-0.3, -0.25) is 5.32 Å². The number of thiophene rings is 1. The summed E-state index contributed by atoms with van der Waals surface area (Å²) in [5.41, 5.74) is 2.43. The minimum absolute atomic E-state index is 0.0231. The number of rotatable bonds is 6. The van der Waals surface area contributed by atoms with Crippen molar-refractivity contribution in [3.63, 3.8) is 0 Å². The molecule has 0 fully saturated rings. The van der Waals surface area contributed by atoms with Crippen LogP contribution in [0.15, 0.2) is 53.5 Å². The molecule has 0 aliphatic rings. The van der Waals surface area contributed by atoms with Crippen molar-refractivity contribution in [1.29, 1.82) is 0 Å². The zero-order valence-corrected chi connectivity index (χ0v) is 13.5. The maximum atomic E-state index is 5.35. The van der Waals surface area contributed by atoms with Gasteiger partial charge in [0.15, 0.2) is 0 Å². The molecule has 2 heterocycles. The van der Waals surface area contributed by atoms with Crippen molar-refractivity contribution >= 4 is 11.3 Å². The molecule has 1 atom stereocenters. The minimum atomic E-state index is 0.0231. The lowest BCUT2D eigenvalue weighted by Crippen LogP contribution is -2.24. The topological polar surface area (TPSA) is 39.1 Å². The number of aryl methyl sites for hydroxylation is 1. The van der Waals surface area contributed by atoms with E-state index in [9.17, 15) is 0 Å². The Balaban J connectivity index is 1.90. The number of imidazole rings is 1. The molecule has 1 N–H and O–H groups in total. The first-order valence-corrected chi connectivity index (χ1v) is 8.08. The van der Waals surface area contributed by atoms with Gasteiger partial charge in [0.2, 0.25) is 0 Å². The molecule has 0 saturated heterocycles. The predicted molar refractivity (Wildman–Crippen MR) is 89.2 cm³/mol. The summed E-state index contributed by atoms with van der Waals surface area (Å²) < 4.78 is 7.40. The Bertz CT molecular complexity index is 721. The van der Waals surface area contributed by atoms with Gasteiger partial charge in [0.05, 0.1) is 13.2 Å². The number of ether oxygens (including phenoxy) is 1. The number of methoxy groups -OCH3 is 1. The van der Waals surface area contributed by atoms with Crippen molar-refractivity contribution in [3.05, 3.63) is 70.4 Å². The molecule has 0 radical (unpaired) electrons. The van der Waals surface area contributed by atoms with Crippen LogP contribution >= 0.6 is 11.3 Å². The fourth-order valence-corrected chi connectivity index (χ4v) is 3.12. The minimum Gasteiger partial charge on any atom is -0.497 e. The summed E-state index contributed by atoms with van der Waals surface area (Å²) in [5.74, 6) is 1.84. The van der Waals surface area contributed by atoms with E-state index < -0.39 is 0 Å². The van der Waals surface area contributed by atoms with Gasteiger partial charge in [0, 0.05) is 26.0 Å². The Morgan fingerprint density at radius 1 is 1.36 bits per heavy atom. The molecular formula is C17H19N3OS. The van der Waals surface area contributed by atoms with E-state index >= 15 is 0 Å². The average Bonchev–Trinajstić information content (AvgIpc) is 3.20. The third-order valence-electron chi connectivity index (χ3n) is 3.63. The number of nitrogens with one attached hydrogen (secondary N) is 1. The fourth-order valence-electron chi connectivity index (χ4n) is 2.45. The highest BCUT2D eigenvalue weighted by Crippen LogP contribution is 2.24. The zero-order chi connectivity index (χ0) is 15.4. The maximum Gasteiger partial charge on any atom is 0.130 e. The van der Waals surface area contributed by atoms with Gasteiger partial charge in [0.1, 0.15) is 11.6 Å². The Kier molecular flexibility index (Phi) is 4.56. The van der Waals surface area contributed by atoms with Crippen LogP contribution in [0.1, 0.15) is 23.0 Å². The number of aromatic nitrogens is 2. The van der Waals surface area contributed by atoms with Gasteiger partial charge in [-0.15, -0.1) is 0 Å². The summed E-state index contributed by atoms with van der Waals surface area (Å²) in [4.78, 5) is 4.51. The second-order valence-electron chi connectivity index (χ2n) is 5.12. The summed E-state index contributed by atoms with van der Waals surface area (Å²) in [6.07, 6.45) is 3.80. The van der Waals surface area contributed by atoms with E-state index in [-0.39, 0.29) is 6.04 Å². The lowest BCUT2D eigenvalue weighted by atomic mass is 10.1. The van der Waals surface area contributed by atoms with E-state index in [2.05, 4.69) is 39.3 Å². The molecule has 3 aromatic rings. The zero-order valence-electron chi connectivity index (χ0n) is 12.7. The summed E-state index contributed by atoms with van der Waals surface area (Å²) >= 11 is 1.71. The molecule has 0 bridgehead atoms. The van der Waals surface area contributed by atoms with Crippen LogP contribution in [0.2, 0.25) is 0 Å². The molecule has 22 heavy (non-hydrogen) atoms. The molecule has 1 aromatic carbocycles. The Hall–Kier alpha value is -2.11. The molecule has 2 aromatic heterocycles. The van der Waals surface area contributed by atoms with Gasteiger partial charge >= 0.3 is 0 Å². The van der Waals surface area contributed by atoms with Gasteiger partial charge in [-0.2, -0.15) is 11.3 Å². The van der Waals surface area contributed by atoms with Crippen molar-refractivity contribution in [1.82, 2.24) is 14.9 Å². The normalized spacial score (nSPS) is 12.3. The fraction of sp³-hybridized carbons (Fsp3) is 0.235. The van der Waals surface area contributed by atoms with Crippen molar-refractivity contribution in [2.45, 2.75) is 12.6 Å². The molecule has 114 valence electrons. The Morgan fingerprint density at radius 2 is 2.27 bits per heavy atom. The monoisotopic (exact) mass is 313 g/mol. The molecule has 0 amide bonds. The smallest absolute Gasteiger partial charge is 0.130 e. The lowest BCUT2D eigenvalue weighted by Gasteiger charge is -2.19. The SMILES string of the molecule is COc1cccc([C@@H](NCc2ccsc2)c2nccn2C)c1.